The predicted molar refractivity (Wildman–Crippen MR) is 81.1 cm³/mol. The molecule has 5 nitrogen and oxygen atoms in total. The van der Waals surface area contributed by atoms with Gasteiger partial charge in [-0.3, -0.25) is 4.79 Å². The van der Waals surface area contributed by atoms with Crippen molar-refractivity contribution in [2.24, 2.45) is 0 Å². The molecule has 0 radical (unpaired) electrons. The van der Waals surface area contributed by atoms with Gasteiger partial charge in [-0.05, 0) is 26.8 Å². The van der Waals surface area contributed by atoms with Gasteiger partial charge in [0.15, 0.2) is 0 Å². The summed E-state index contributed by atoms with van der Waals surface area (Å²) in [6, 6.07) is 0.725. The fraction of sp³-hybridized carbons (Fsp3) is 0.571. The second-order valence-corrected chi connectivity index (χ2v) is 5.64. The summed E-state index contributed by atoms with van der Waals surface area (Å²) >= 11 is 6.09. The Bertz CT molecular complexity index is 578. The lowest BCUT2D eigenvalue weighted by Crippen LogP contribution is -2.43. The van der Waals surface area contributed by atoms with Gasteiger partial charge in [0.1, 0.15) is 12.2 Å². The minimum Gasteiger partial charge on any atom is -0.376 e. The first-order valence-corrected chi connectivity index (χ1v) is 7.06. The lowest BCUT2D eigenvalue weighted by atomic mass is 9.99. The van der Waals surface area contributed by atoms with E-state index < -0.39 is 0 Å². The van der Waals surface area contributed by atoms with Crippen LogP contribution in [0.3, 0.4) is 0 Å². The molecule has 0 spiro atoms. The topological polar surface area (TPSA) is 50.2 Å². The van der Waals surface area contributed by atoms with Gasteiger partial charge in [0.2, 0.25) is 0 Å². The average Bonchev–Trinajstić information content (AvgIpc) is 2.42. The summed E-state index contributed by atoms with van der Waals surface area (Å²) in [7, 11) is 2.11. The van der Waals surface area contributed by atoms with Crippen LogP contribution in [-0.2, 0) is 6.54 Å². The molecule has 108 valence electrons. The van der Waals surface area contributed by atoms with Gasteiger partial charge in [-0.25, -0.2) is 4.68 Å². The molecule has 1 fully saturated rings. The highest BCUT2D eigenvalue weighted by atomic mass is 35.5. The fourth-order valence-corrected chi connectivity index (χ4v) is 2.60. The molecule has 1 aromatic heterocycles. The third-order valence-corrected chi connectivity index (χ3v) is 4.08. The normalized spacial score (nSPS) is 23.3. The number of aromatic nitrogens is 2. The first kappa shape index (κ1) is 14.9. The molecule has 2 rings (SSSR count). The van der Waals surface area contributed by atoms with Gasteiger partial charge in [0, 0.05) is 18.6 Å². The van der Waals surface area contributed by atoms with E-state index in [4.69, 9.17) is 18.0 Å². The Hall–Kier alpha value is -1.51. The predicted octanol–water partition coefficient (Wildman–Crippen LogP) is 1.42. The second-order valence-electron chi connectivity index (χ2n) is 5.23. The Labute approximate surface area is 123 Å². The van der Waals surface area contributed by atoms with Crippen molar-refractivity contribution < 1.29 is 0 Å². The summed E-state index contributed by atoms with van der Waals surface area (Å²) in [5.41, 5.74) is 0.140. The summed E-state index contributed by atoms with van der Waals surface area (Å²) in [6.45, 7) is 3.33. The van der Waals surface area contributed by atoms with Gasteiger partial charge in [-0.1, -0.05) is 17.5 Å². The minimum atomic E-state index is -0.262. The first-order chi connectivity index (χ1) is 9.52. The zero-order valence-electron chi connectivity index (χ0n) is 11.8. The third kappa shape index (κ3) is 3.14. The van der Waals surface area contributed by atoms with Crippen LogP contribution in [0.15, 0.2) is 11.0 Å². The van der Waals surface area contributed by atoms with Crippen molar-refractivity contribution in [3.05, 3.63) is 21.6 Å². The lowest BCUT2D eigenvalue weighted by molar-refractivity contribution is 0.190. The molecule has 2 unspecified atom stereocenters. The van der Waals surface area contributed by atoms with Crippen LogP contribution in [-0.4, -0.2) is 40.4 Å². The van der Waals surface area contributed by atoms with Crippen LogP contribution >= 0.6 is 11.6 Å². The molecule has 1 aromatic rings. The molecule has 2 heterocycles. The quantitative estimate of drug-likeness (QED) is 0.857. The number of nitrogens with zero attached hydrogens (tertiary/aromatic N) is 3. The number of hydrogen-bond acceptors (Lipinski definition) is 4. The van der Waals surface area contributed by atoms with Crippen molar-refractivity contribution >= 4 is 17.3 Å². The van der Waals surface area contributed by atoms with E-state index in [0.29, 0.717) is 16.8 Å². The highest BCUT2D eigenvalue weighted by Crippen LogP contribution is 2.22. The van der Waals surface area contributed by atoms with Crippen molar-refractivity contribution in [3.63, 3.8) is 0 Å². The van der Waals surface area contributed by atoms with Crippen LogP contribution < -0.4 is 10.9 Å². The summed E-state index contributed by atoms with van der Waals surface area (Å²) in [5.74, 6) is 2.41. The molecule has 0 aliphatic carbocycles. The molecule has 0 saturated carbocycles. The summed E-state index contributed by atoms with van der Waals surface area (Å²) in [4.78, 5) is 14.6. The van der Waals surface area contributed by atoms with Crippen molar-refractivity contribution in [1.82, 2.24) is 14.7 Å². The number of halogens is 1. The Morgan fingerprint density at radius 3 is 3.05 bits per heavy atom. The maximum Gasteiger partial charge on any atom is 0.292 e. The van der Waals surface area contributed by atoms with E-state index in [1.807, 2.05) is 0 Å². The molecular formula is C14H19ClN4O. The van der Waals surface area contributed by atoms with E-state index in [1.165, 1.54) is 10.9 Å². The number of likely N-dealkylation sites (tertiary alicyclic amines) is 1. The van der Waals surface area contributed by atoms with Crippen LogP contribution in [0.25, 0.3) is 0 Å². The number of nitrogens with one attached hydrogen (secondary N) is 1. The molecule has 1 saturated heterocycles. The molecule has 20 heavy (non-hydrogen) atoms. The number of piperidine rings is 1. The van der Waals surface area contributed by atoms with Crippen molar-refractivity contribution in [2.45, 2.75) is 38.4 Å². The molecule has 1 aliphatic rings. The van der Waals surface area contributed by atoms with E-state index >= 15 is 0 Å². The summed E-state index contributed by atoms with van der Waals surface area (Å²) in [6.07, 6.45) is 8.64. The zero-order chi connectivity index (χ0) is 14.7. The molecule has 0 amide bonds. The van der Waals surface area contributed by atoms with Gasteiger partial charge < -0.3 is 10.2 Å². The Kier molecular flexibility index (Phi) is 4.69. The van der Waals surface area contributed by atoms with Gasteiger partial charge in [-0.15, -0.1) is 6.42 Å². The first-order valence-electron chi connectivity index (χ1n) is 6.68. The van der Waals surface area contributed by atoms with E-state index in [2.05, 4.69) is 35.2 Å². The van der Waals surface area contributed by atoms with Gasteiger partial charge in [0.25, 0.3) is 5.56 Å². The standard InChI is InChI=1S/C14H19ClN4O/c1-4-6-19-14(20)13(12(15)9-16-19)17-11-5-7-18(3)10(2)8-11/h1,9-11,17H,5-8H2,2-3H3. The Balaban J connectivity index is 2.19. The molecule has 0 bridgehead atoms. The lowest BCUT2D eigenvalue weighted by Gasteiger charge is -2.35. The molecule has 1 N–H and O–H groups in total. The van der Waals surface area contributed by atoms with E-state index in [1.54, 1.807) is 0 Å². The largest absolute Gasteiger partial charge is 0.376 e. The summed E-state index contributed by atoms with van der Waals surface area (Å²) in [5, 5.41) is 7.54. The van der Waals surface area contributed by atoms with Crippen molar-refractivity contribution in [2.75, 3.05) is 18.9 Å². The van der Waals surface area contributed by atoms with Gasteiger partial charge in [-0.2, -0.15) is 5.10 Å². The average molecular weight is 295 g/mol. The van der Waals surface area contributed by atoms with E-state index in [0.717, 1.165) is 19.4 Å². The molecule has 1 aliphatic heterocycles. The number of anilines is 1. The van der Waals surface area contributed by atoms with Gasteiger partial charge in [0.05, 0.1) is 11.2 Å². The van der Waals surface area contributed by atoms with E-state index in [-0.39, 0.29) is 18.1 Å². The molecule has 0 aromatic carbocycles. The molecule has 2 atom stereocenters. The van der Waals surface area contributed by atoms with Crippen LogP contribution in [0, 0.1) is 12.3 Å². The van der Waals surface area contributed by atoms with E-state index in [9.17, 15) is 4.79 Å². The fourth-order valence-electron chi connectivity index (χ4n) is 2.42. The zero-order valence-corrected chi connectivity index (χ0v) is 12.5. The Morgan fingerprint density at radius 1 is 1.65 bits per heavy atom. The SMILES string of the molecule is C#CCn1ncc(Cl)c(NC2CCN(C)C(C)C2)c1=O. The number of terminal acetylenes is 1. The van der Waals surface area contributed by atoms with Crippen LogP contribution in [0.1, 0.15) is 19.8 Å². The van der Waals surface area contributed by atoms with Crippen molar-refractivity contribution in [1.29, 1.82) is 0 Å². The maximum atomic E-state index is 12.2. The van der Waals surface area contributed by atoms with Crippen LogP contribution in [0.4, 0.5) is 5.69 Å². The maximum absolute atomic E-state index is 12.2. The molecular weight excluding hydrogens is 276 g/mol. The smallest absolute Gasteiger partial charge is 0.292 e. The van der Waals surface area contributed by atoms with Crippen LogP contribution in [0.5, 0.6) is 0 Å². The number of hydrogen-bond donors (Lipinski definition) is 1. The highest BCUT2D eigenvalue weighted by Gasteiger charge is 2.24. The highest BCUT2D eigenvalue weighted by molar-refractivity contribution is 6.33. The molecule has 6 heteroatoms. The number of rotatable bonds is 3. The Morgan fingerprint density at radius 2 is 2.40 bits per heavy atom. The van der Waals surface area contributed by atoms with Crippen molar-refractivity contribution in [3.8, 4) is 12.3 Å². The van der Waals surface area contributed by atoms with Gasteiger partial charge >= 0.3 is 0 Å². The second kappa shape index (κ2) is 6.29. The minimum absolute atomic E-state index is 0.147. The van der Waals surface area contributed by atoms with Crippen LogP contribution in [0.2, 0.25) is 5.02 Å². The monoisotopic (exact) mass is 294 g/mol. The summed E-state index contributed by atoms with van der Waals surface area (Å²) < 4.78 is 1.24. The third-order valence-electron chi connectivity index (χ3n) is 3.80.